The fourth-order valence-electron chi connectivity index (χ4n) is 10.2. The summed E-state index contributed by atoms with van der Waals surface area (Å²) in [7, 11) is 4.72. The van der Waals surface area contributed by atoms with E-state index in [1.54, 1.807) is 47.7 Å². The second-order valence-corrected chi connectivity index (χ2v) is 19.1. The number of nitrogens with zero attached hydrogens (tertiary/aromatic N) is 4. The molecule has 0 radical (unpaired) electrons. The zero-order valence-corrected chi connectivity index (χ0v) is 43.1. The van der Waals surface area contributed by atoms with E-state index in [2.05, 4.69) is 24.5 Å². The van der Waals surface area contributed by atoms with Gasteiger partial charge in [-0.2, -0.15) is 0 Å². The molecular formula is C52H84N6O10. The van der Waals surface area contributed by atoms with Gasteiger partial charge < -0.3 is 39.9 Å². The van der Waals surface area contributed by atoms with Crippen molar-refractivity contribution in [2.45, 2.75) is 175 Å². The molecule has 3 heterocycles. The van der Waals surface area contributed by atoms with Gasteiger partial charge in [-0.3, -0.25) is 38.5 Å². The number of benzene rings is 1. The summed E-state index contributed by atoms with van der Waals surface area (Å²) in [5.41, 5.74) is 0.691. The van der Waals surface area contributed by atoms with Crippen LogP contribution in [-0.4, -0.2) is 149 Å². The number of aliphatic hydroxyl groups excluding tert-OH is 1. The minimum Gasteiger partial charge on any atom is -0.386 e. The molecule has 382 valence electrons. The lowest BCUT2D eigenvalue weighted by Crippen LogP contribution is -2.55. The summed E-state index contributed by atoms with van der Waals surface area (Å²) in [5, 5.41) is 16.7. The number of rotatable bonds is 24. The van der Waals surface area contributed by atoms with Gasteiger partial charge in [-0.15, -0.1) is 0 Å². The highest BCUT2D eigenvalue weighted by atomic mass is 16.5. The third kappa shape index (κ3) is 14.7. The lowest BCUT2D eigenvalue weighted by Gasteiger charge is -2.39. The second kappa shape index (κ2) is 28.1. The van der Waals surface area contributed by atoms with Gasteiger partial charge in [0.05, 0.1) is 55.3 Å². The van der Waals surface area contributed by atoms with Crippen LogP contribution in [-0.2, 0) is 43.0 Å². The third-order valence-electron chi connectivity index (χ3n) is 14.4. The molecule has 3 N–H and O–H groups in total. The molecular weight excluding hydrogens is 869 g/mol. The molecule has 1 aromatic rings. The number of carbonyl (C=O) groups is 7. The number of ether oxygens (including phenoxy) is 2. The first-order chi connectivity index (χ1) is 32.3. The first-order valence-electron chi connectivity index (χ1n) is 25.1. The maximum atomic E-state index is 14.2. The molecule has 0 saturated carbocycles. The average molecular weight is 953 g/mol. The van der Waals surface area contributed by atoms with E-state index in [4.69, 9.17) is 9.47 Å². The monoisotopic (exact) mass is 953 g/mol. The lowest BCUT2D eigenvalue weighted by molar-refractivity contribution is -0.146. The topological polar surface area (TPSA) is 195 Å². The molecule has 0 spiro atoms. The summed E-state index contributed by atoms with van der Waals surface area (Å²) in [6.45, 7) is 18.2. The van der Waals surface area contributed by atoms with Crippen molar-refractivity contribution in [3.8, 4) is 0 Å². The van der Waals surface area contributed by atoms with Crippen LogP contribution in [0, 0.1) is 23.7 Å². The second-order valence-electron chi connectivity index (χ2n) is 19.1. The zero-order chi connectivity index (χ0) is 50.8. The van der Waals surface area contributed by atoms with Crippen LogP contribution in [0.3, 0.4) is 0 Å². The average Bonchev–Trinajstić information content (AvgIpc) is 4.02. The summed E-state index contributed by atoms with van der Waals surface area (Å²) < 4.78 is 11.9. The van der Waals surface area contributed by atoms with Crippen LogP contribution in [0.1, 0.15) is 138 Å². The van der Waals surface area contributed by atoms with Crippen molar-refractivity contribution in [2.24, 2.45) is 23.7 Å². The van der Waals surface area contributed by atoms with Crippen molar-refractivity contribution < 1.29 is 48.1 Å². The Hall–Kier alpha value is -4.67. The Morgan fingerprint density at radius 2 is 1.51 bits per heavy atom. The number of carbonyl (C=O) groups excluding carboxylic acids is 7. The molecule has 3 aliphatic rings. The first kappa shape index (κ1) is 57.6. The van der Waals surface area contributed by atoms with E-state index in [1.807, 2.05) is 52.8 Å². The van der Waals surface area contributed by atoms with Crippen molar-refractivity contribution in [1.29, 1.82) is 0 Å². The number of hydrogen-bond donors (Lipinski definition) is 3. The molecule has 11 unspecified atom stereocenters. The Morgan fingerprint density at radius 1 is 0.882 bits per heavy atom. The van der Waals surface area contributed by atoms with Gasteiger partial charge in [-0.05, 0) is 62.3 Å². The van der Waals surface area contributed by atoms with E-state index in [0.29, 0.717) is 57.2 Å². The van der Waals surface area contributed by atoms with Crippen molar-refractivity contribution in [2.75, 3.05) is 40.9 Å². The smallest absolute Gasteiger partial charge is 0.253 e. The fraction of sp³-hybridized carbons (Fsp3) is 0.712. The van der Waals surface area contributed by atoms with Gasteiger partial charge in [0.1, 0.15) is 6.04 Å². The number of hydrogen-bond acceptors (Lipinski definition) is 10. The van der Waals surface area contributed by atoms with E-state index in [-0.39, 0.29) is 84.7 Å². The summed E-state index contributed by atoms with van der Waals surface area (Å²) in [5.74, 6) is -2.87. The Kier molecular flexibility index (Phi) is 23.8. The molecule has 2 fully saturated rings. The summed E-state index contributed by atoms with van der Waals surface area (Å²) in [6, 6.07) is 6.74. The van der Waals surface area contributed by atoms with Gasteiger partial charge in [0.25, 0.3) is 11.8 Å². The van der Waals surface area contributed by atoms with E-state index in [9.17, 15) is 38.7 Å². The number of likely N-dealkylation sites (N-methyl/N-ethyl adjacent to an activating group) is 1. The van der Waals surface area contributed by atoms with Crippen LogP contribution in [0.4, 0.5) is 0 Å². The minimum atomic E-state index is -0.903. The lowest BCUT2D eigenvalue weighted by atomic mass is 9.89. The van der Waals surface area contributed by atoms with Gasteiger partial charge in [-0.1, -0.05) is 105 Å². The maximum absolute atomic E-state index is 14.2. The Balaban J connectivity index is 0.00000397. The minimum absolute atomic E-state index is 0.0258. The molecule has 4 rings (SSSR count). The molecule has 2 saturated heterocycles. The van der Waals surface area contributed by atoms with Gasteiger partial charge in [0.15, 0.2) is 0 Å². The van der Waals surface area contributed by atoms with Gasteiger partial charge in [0, 0.05) is 59.0 Å². The number of nitrogens with one attached hydrogen (secondary N) is 2. The van der Waals surface area contributed by atoms with Gasteiger partial charge in [-0.25, -0.2) is 0 Å². The molecule has 0 aliphatic carbocycles. The Labute approximate surface area is 406 Å². The highest BCUT2D eigenvalue weighted by molar-refractivity contribution is 6.12. The molecule has 7 amide bonds. The number of aliphatic hydroxyl groups is 1. The van der Waals surface area contributed by atoms with E-state index < -0.39 is 48.3 Å². The summed E-state index contributed by atoms with van der Waals surface area (Å²) in [4.78, 5) is 99.5. The predicted molar refractivity (Wildman–Crippen MR) is 261 cm³/mol. The highest BCUT2D eigenvalue weighted by Crippen LogP contribution is 2.38. The first-order valence-corrected chi connectivity index (χ1v) is 25.1. The molecule has 3 aliphatic heterocycles. The van der Waals surface area contributed by atoms with Crippen molar-refractivity contribution in [3.05, 3.63) is 48.0 Å². The van der Waals surface area contributed by atoms with Gasteiger partial charge in [0.2, 0.25) is 29.5 Å². The van der Waals surface area contributed by atoms with Crippen molar-refractivity contribution in [1.82, 2.24) is 30.2 Å². The third-order valence-corrected chi connectivity index (χ3v) is 14.4. The van der Waals surface area contributed by atoms with Crippen molar-refractivity contribution >= 4 is 41.4 Å². The largest absolute Gasteiger partial charge is 0.386 e. The van der Waals surface area contributed by atoms with Crippen LogP contribution >= 0.6 is 0 Å². The fourth-order valence-corrected chi connectivity index (χ4v) is 10.2. The number of imide groups is 1. The standard InChI is InChI=1S/C49H76N6O10.C3H8/c1-11-30(3)44(38(64-9)28-42(59)53-27-19-22-37(53)47(65-10)33(6)48(62)51-34(7)46(61)35-20-15-13-16-21-35)52(8)43(60)29-50-49(63)45-32(5)31(4)36(12-2)55(45)41(58)23-17-14-18-26-54-39(56)24-25-40(54)57;1-3-2/h13,15-16,20-21,24-25,30-34,36-38,44-47,61H,11-12,14,17-19,22-23,26-29H2,1-10H3,(H,50,63)(H,51,62);3H2,1-2H3/t30?,31-,32?,33?,34?,36?,37?,38?,44?,45?,46?,47?;/m0./s1. The number of unbranched alkanes of at least 4 members (excludes halogenated alkanes) is 2. The predicted octanol–water partition coefficient (Wildman–Crippen LogP) is 5.42. The molecule has 12 atom stereocenters. The van der Waals surface area contributed by atoms with E-state index in [0.717, 1.165) is 6.42 Å². The molecule has 0 aromatic heterocycles. The molecule has 16 nitrogen and oxygen atoms in total. The number of amides is 7. The van der Waals surface area contributed by atoms with Crippen LogP contribution < -0.4 is 10.6 Å². The van der Waals surface area contributed by atoms with Crippen LogP contribution in [0.25, 0.3) is 0 Å². The molecule has 1 aromatic carbocycles. The molecule has 68 heavy (non-hydrogen) atoms. The number of likely N-dealkylation sites (tertiary alicyclic amines) is 2. The quantitative estimate of drug-likeness (QED) is 0.0890. The number of methoxy groups -OCH3 is 2. The van der Waals surface area contributed by atoms with E-state index >= 15 is 0 Å². The van der Waals surface area contributed by atoms with Gasteiger partial charge >= 0.3 is 0 Å². The Morgan fingerprint density at radius 3 is 2.09 bits per heavy atom. The summed E-state index contributed by atoms with van der Waals surface area (Å²) in [6.07, 6.45) is 6.20. The SMILES string of the molecule is CCC.CCC(C)C(C(CC(=O)N1CCCC1C(OC)C(C)C(=O)NC(C)C(O)c1ccccc1)OC)N(C)C(=O)CNC(=O)C1C(C)[C@H](C)C(CC)N1C(=O)CCCCCN1C(=O)C=CC1=O. The summed E-state index contributed by atoms with van der Waals surface area (Å²) >= 11 is 0. The van der Waals surface area contributed by atoms with E-state index in [1.165, 1.54) is 37.7 Å². The maximum Gasteiger partial charge on any atom is 0.253 e. The van der Waals surface area contributed by atoms with Crippen molar-refractivity contribution in [3.63, 3.8) is 0 Å². The van der Waals surface area contributed by atoms with Crippen LogP contribution in [0.2, 0.25) is 0 Å². The Bertz CT molecular complexity index is 1830. The zero-order valence-electron chi connectivity index (χ0n) is 43.1. The molecule has 16 heteroatoms. The molecule has 0 bridgehead atoms. The highest BCUT2D eigenvalue weighted by Gasteiger charge is 2.49. The van der Waals surface area contributed by atoms with Crippen LogP contribution in [0.15, 0.2) is 42.5 Å². The normalized spacial score (nSPS) is 23.2. The van der Waals surface area contributed by atoms with Crippen LogP contribution in [0.5, 0.6) is 0 Å².